The van der Waals surface area contributed by atoms with Crippen molar-refractivity contribution in [2.75, 3.05) is 5.48 Å². The fraction of sp³-hybridized carbons (Fsp3) is 0. The van der Waals surface area contributed by atoms with E-state index in [2.05, 4.69) is 16.9 Å². The first-order chi connectivity index (χ1) is 5.69. The Kier molecular flexibility index (Phi) is 2.41. The molecule has 0 spiro atoms. The van der Waals surface area contributed by atoms with Crippen LogP contribution in [-0.4, -0.2) is 21.8 Å². The number of hydrogen-bond acceptors (Lipinski definition) is 5. The number of nitrogens with zero attached hydrogens (tertiary/aromatic N) is 3. The van der Waals surface area contributed by atoms with Crippen molar-refractivity contribution in [3.63, 3.8) is 0 Å². The van der Waals surface area contributed by atoms with Crippen molar-refractivity contribution >= 4 is 24.0 Å². The number of anilines is 1. The lowest BCUT2D eigenvalue weighted by Crippen LogP contribution is -2.21. The average molecular weight is 189 g/mol. The summed E-state index contributed by atoms with van der Waals surface area (Å²) >= 11 is 5.47. The molecule has 2 N–H and O–H groups in total. The minimum absolute atomic E-state index is 0.0264. The number of hydrogen-bond donors (Lipinski definition) is 2. The van der Waals surface area contributed by atoms with Gasteiger partial charge in [0.2, 0.25) is 0 Å². The molecule has 0 fully saturated rings. The highest BCUT2D eigenvalue weighted by Gasteiger charge is 2.04. The van der Waals surface area contributed by atoms with Gasteiger partial charge >= 0.3 is 5.56 Å². The second kappa shape index (κ2) is 3.33. The molecule has 0 saturated heterocycles. The lowest BCUT2D eigenvalue weighted by atomic mass is 10.5. The molecule has 0 bridgehead atoms. The van der Waals surface area contributed by atoms with Crippen LogP contribution >= 0.6 is 11.6 Å². The summed E-state index contributed by atoms with van der Waals surface area (Å²) in [5.74, 6) is 0. The third-order valence-electron chi connectivity index (χ3n) is 1.12. The quantitative estimate of drug-likeness (QED) is 0.512. The first-order valence-electron chi connectivity index (χ1n) is 2.86. The molecular weight excluding hydrogens is 184 g/mol. The third kappa shape index (κ3) is 1.44. The van der Waals surface area contributed by atoms with Gasteiger partial charge in [0.25, 0.3) is 0 Å². The second-order valence-electron chi connectivity index (χ2n) is 1.83. The van der Waals surface area contributed by atoms with E-state index in [0.717, 1.165) is 0 Å². The molecule has 1 heterocycles. The largest absolute Gasteiger partial charge is 0.313 e. The Balaban J connectivity index is 3.42. The van der Waals surface area contributed by atoms with E-state index in [1.54, 1.807) is 5.48 Å². The molecule has 0 amide bonds. The van der Waals surface area contributed by atoms with Gasteiger partial charge in [0, 0.05) is 12.8 Å². The van der Waals surface area contributed by atoms with Crippen molar-refractivity contribution < 1.29 is 5.21 Å². The summed E-state index contributed by atoms with van der Waals surface area (Å²) in [7, 11) is 0. The Morgan fingerprint density at radius 3 is 3.00 bits per heavy atom. The molecule has 0 aliphatic heterocycles. The third-order valence-corrected chi connectivity index (χ3v) is 1.30. The van der Waals surface area contributed by atoms with Gasteiger partial charge in [-0.2, -0.15) is 5.10 Å². The van der Waals surface area contributed by atoms with Gasteiger partial charge in [-0.3, -0.25) is 15.5 Å². The Hall–Kier alpha value is -1.40. The van der Waals surface area contributed by atoms with Gasteiger partial charge < -0.3 is 0 Å². The zero-order valence-corrected chi connectivity index (χ0v) is 6.62. The smallest absolute Gasteiger partial charge is 0.291 e. The van der Waals surface area contributed by atoms with Gasteiger partial charge in [0.1, 0.15) is 5.69 Å². The molecule has 0 radical (unpaired) electrons. The lowest BCUT2D eigenvalue weighted by Gasteiger charge is -2.00. The highest BCUT2D eigenvalue weighted by Crippen LogP contribution is 2.05. The minimum Gasteiger partial charge on any atom is -0.291 e. The van der Waals surface area contributed by atoms with E-state index < -0.39 is 5.56 Å². The van der Waals surface area contributed by atoms with E-state index >= 15 is 0 Å². The van der Waals surface area contributed by atoms with Crippen molar-refractivity contribution in [1.29, 1.82) is 0 Å². The van der Waals surface area contributed by atoms with Crippen LogP contribution in [0.2, 0.25) is 5.15 Å². The molecule has 0 aliphatic rings. The van der Waals surface area contributed by atoms with Crippen molar-refractivity contribution in [2.24, 2.45) is 5.10 Å². The van der Waals surface area contributed by atoms with Crippen LogP contribution in [0.4, 0.5) is 5.69 Å². The Morgan fingerprint density at radius 1 is 1.83 bits per heavy atom. The van der Waals surface area contributed by atoms with Crippen LogP contribution in [0, 0.1) is 0 Å². The Bertz CT molecular complexity index is 361. The van der Waals surface area contributed by atoms with Gasteiger partial charge in [-0.15, -0.1) is 9.89 Å². The molecule has 7 heteroatoms. The van der Waals surface area contributed by atoms with Crippen molar-refractivity contribution in [3.05, 3.63) is 21.6 Å². The first-order valence-corrected chi connectivity index (χ1v) is 3.24. The maximum atomic E-state index is 11.1. The molecular formula is C5H5ClN4O2. The van der Waals surface area contributed by atoms with Crippen LogP contribution in [0.3, 0.4) is 0 Å². The number of halogens is 1. The fourth-order valence-electron chi connectivity index (χ4n) is 0.629. The standard InChI is InChI=1S/C5H5ClN4O2/c1-7-10-5(11)3(9-12)2-4(6)8-10/h2,9,12H,1H2. The topological polar surface area (TPSA) is 79.5 Å². The maximum Gasteiger partial charge on any atom is 0.313 e. The number of nitrogens with one attached hydrogen (secondary N) is 1. The van der Waals surface area contributed by atoms with E-state index in [-0.39, 0.29) is 10.8 Å². The maximum absolute atomic E-state index is 11.1. The molecule has 1 rings (SSSR count). The zero-order chi connectivity index (χ0) is 9.14. The van der Waals surface area contributed by atoms with E-state index in [4.69, 9.17) is 16.8 Å². The fourth-order valence-corrected chi connectivity index (χ4v) is 0.810. The SMILES string of the molecule is C=Nn1nc(Cl)cc(NO)c1=O. The summed E-state index contributed by atoms with van der Waals surface area (Å²) < 4.78 is 0. The molecule has 12 heavy (non-hydrogen) atoms. The molecule has 1 aromatic rings. The first kappa shape index (κ1) is 8.69. The van der Waals surface area contributed by atoms with Crippen LogP contribution < -0.4 is 11.0 Å². The van der Waals surface area contributed by atoms with Crippen LogP contribution in [0.15, 0.2) is 16.0 Å². The second-order valence-corrected chi connectivity index (χ2v) is 2.22. The summed E-state index contributed by atoms with van der Waals surface area (Å²) in [5.41, 5.74) is 0.928. The van der Waals surface area contributed by atoms with Crippen molar-refractivity contribution in [2.45, 2.75) is 0 Å². The lowest BCUT2D eigenvalue weighted by molar-refractivity contribution is 0.386. The highest BCUT2D eigenvalue weighted by atomic mass is 35.5. The Labute approximate surface area is 72.0 Å². The molecule has 0 aromatic carbocycles. The van der Waals surface area contributed by atoms with Gasteiger partial charge in [0.05, 0.1) is 0 Å². The summed E-state index contributed by atoms with van der Waals surface area (Å²) in [5, 5.41) is 15.2. The van der Waals surface area contributed by atoms with Crippen LogP contribution in [0.5, 0.6) is 0 Å². The van der Waals surface area contributed by atoms with Gasteiger partial charge in [-0.25, -0.2) is 0 Å². The summed E-state index contributed by atoms with van der Waals surface area (Å²) in [4.78, 5) is 11.7. The molecule has 0 saturated carbocycles. The van der Waals surface area contributed by atoms with Crippen LogP contribution in [0.25, 0.3) is 0 Å². The molecule has 1 aromatic heterocycles. The van der Waals surface area contributed by atoms with Crippen molar-refractivity contribution in [1.82, 2.24) is 9.89 Å². The van der Waals surface area contributed by atoms with Gasteiger partial charge in [0.15, 0.2) is 5.15 Å². The summed E-state index contributed by atoms with van der Waals surface area (Å²) in [6.07, 6.45) is 0. The number of rotatable bonds is 2. The molecule has 6 nitrogen and oxygen atoms in total. The van der Waals surface area contributed by atoms with Gasteiger partial charge in [-0.1, -0.05) is 11.6 Å². The van der Waals surface area contributed by atoms with E-state index in [0.29, 0.717) is 4.79 Å². The zero-order valence-electron chi connectivity index (χ0n) is 5.86. The normalized spacial score (nSPS) is 9.50. The van der Waals surface area contributed by atoms with E-state index in [1.165, 1.54) is 6.07 Å². The predicted octanol–water partition coefficient (Wildman–Crippen LogP) is 0.161. The monoisotopic (exact) mass is 188 g/mol. The predicted molar refractivity (Wildman–Crippen MR) is 43.9 cm³/mol. The summed E-state index contributed by atoms with van der Waals surface area (Å²) in [6, 6.07) is 1.17. The molecule has 64 valence electrons. The Morgan fingerprint density at radius 2 is 2.50 bits per heavy atom. The van der Waals surface area contributed by atoms with Gasteiger partial charge in [-0.05, 0) is 0 Å². The molecule has 0 unspecified atom stereocenters. The highest BCUT2D eigenvalue weighted by molar-refractivity contribution is 6.29. The minimum atomic E-state index is -0.628. The summed E-state index contributed by atoms with van der Waals surface area (Å²) in [6.45, 7) is 3.09. The van der Waals surface area contributed by atoms with E-state index in [9.17, 15) is 4.79 Å². The van der Waals surface area contributed by atoms with Crippen molar-refractivity contribution in [3.8, 4) is 0 Å². The number of aromatic nitrogens is 2. The van der Waals surface area contributed by atoms with Crippen LogP contribution in [0.1, 0.15) is 0 Å². The molecule has 0 atom stereocenters. The van der Waals surface area contributed by atoms with Crippen LogP contribution in [-0.2, 0) is 0 Å². The molecule has 0 aliphatic carbocycles. The average Bonchev–Trinajstić information content (AvgIpc) is 2.08. The van der Waals surface area contributed by atoms with E-state index in [1.807, 2.05) is 0 Å².